The van der Waals surface area contributed by atoms with Crippen molar-refractivity contribution in [1.29, 1.82) is 0 Å². The van der Waals surface area contributed by atoms with Crippen LogP contribution in [-0.2, 0) is 0 Å². The molecule has 0 unspecified atom stereocenters. The molecule has 0 fully saturated rings. The van der Waals surface area contributed by atoms with Gasteiger partial charge in [0.05, 0.1) is 11.3 Å². The van der Waals surface area contributed by atoms with Crippen LogP contribution >= 0.6 is 11.6 Å². The first kappa shape index (κ1) is 17.4. The van der Waals surface area contributed by atoms with Gasteiger partial charge in [-0.2, -0.15) is 26.3 Å². The molecule has 0 spiro atoms. The molecule has 21 heavy (non-hydrogen) atoms. The van der Waals surface area contributed by atoms with E-state index in [-0.39, 0.29) is 16.3 Å². The molecule has 0 aliphatic carbocycles. The first-order chi connectivity index (χ1) is 9.45. The van der Waals surface area contributed by atoms with Crippen molar-refractivity contribution in [2.45, 2.75) is 19.3 Å². The first-order valence-electron chi connectivity index (χ1n) is 5.31. The van der Waals surface area contributed by atoms with E-state index in [2.05, 4.69) is 5.16 Å². The highest BCUT2D eigenvalue weighted by Gasteiger charge is 2.40. The second-order valence-corrected chi connectivity index (χ2v) is 4.41. The minimum atomic E-state index is -5.26. The maximum absolute atomic E-state index is 12.9. The molecule has 2 nitrogen and oxygen atoms in total. The molecule has 0 aliphatic heterocycles. The minimum Gasteiger partial charge on any atom is -0.411 e. The van der Waals surface area contributed by atoms with Gasteiger partial charge in [0.2, 0.25) is 0 Å². The molecule has 1 rings (SSSR count). The highest BCUT2D eigenvalue weighted by atomic mass is 35.5. The molecule has 0 saturated carbocycles. The van der Waals surface area contributed by atoms with Crippen LogP contribution in [-0.4, -0.2) is 23.3 Å². The molecule has 0 radical (unpaired) electrons. The van der Waals surface area contributed by atoms with Gasteiger partial charge in [0.15, 0.2) is 0 Å². The van der Waals surface area contributed by atoms with Crippen LogP contribution < -0.4 is 0 Å². The van der Waals surface area contributed by atoms with E-state index in [0.717, 1.165) is 19.1 Å². The topological polar surface area (TPSA) is 32.6 Å². The molecule has 1 aromatic carbocycles. The molecular formula is C12H8ClF6NO. The summed E-state index contributed by atoms with van der Waals surface area (Å²) in [4.78, 5) is 0. The fraction of sp³-hybridized carbons (Fsp3) is 0.250. The van der Waals surface area contributed by atoms with E-state index >= 15 is 0 Å². The van der Waals surface area contributed by atoms with E-state index in [1.165, 1.54) is 6.07 Å². The lowest BCUT2D eigenvalue weighted by Crippen LogP contribution is -2.17. The Morgan fingerprint density at radius 2 is 1.71 bits per heavy atom. The Kier molecular flexibility index (Phi) is 4.93. The lowest BCUT2D eigenvalue weighted by atomic mass is 9.96. The van der Waals surface area contributed by atoms with E-state index in [1.807, 2.05) is 0 Å². The van der Waals surface area contributed by atoms with Crippen molar-refractivity contribution in [3.05, 3.63) is 40.4 Å². The molecule has 0 amide bonds. The third-order valence-electron chi connectivity index (χ3n) is 2.42. The third-order valence-corrected chi connectivity index (χ3v) is 2.66. The summed E-state index contributed by atoms with van der Waals surface area (Å²) in [7, 11) is 0. The number of halogens is 7. The predicted octanol–water partition coefficient (Wildman–Crippen LogP) is 5.05. The largest absolute Gasteiger partial charge is 0.417 e. The smallest absolute Gasteiger partial charge is 0.411 e. The molecule has 0 aliphatic rings. The Hall–Kier alpha value is -1.70. The van der Waals surface area contributed by atoms with Gasteiger partial charge in [-0.05, 0) is 24.6 Å². The average molecular weight is 332 g/mol. The number of oxime groups is 1. The number of benzene rings is 1. The van der Waals surface area contributed by atoms with Crippen molar-refractivity contribution >= 4 is 22.9 Å². The van der Waals surface area contributed by atoms with Crippen molar-refractivity contribution in [3.63, 3.8) is 0 Å². The molecule has 0 heterocycles. The van der Waals surface area contributed by atoms with Crippen LogP contribution in [0.4, 0.5) is 26.3 Å². The van der Waals surface area contributed by atoms with Gasteiger partial charge >= 0.3 is 12.4 Å². The standard InChI is InChI=1S/C12H8ClF6NO/c1-6(20-21)8-3-2-7(13)4-9(8)10(12(17,18)19)5-11(14,15)16/h2-5,21H,1H3. The maximum atomic E-state index is 12.9. The number of allylic oxidation sites excluding steroid dienone is 2. The van der Waals surface area contributed by atoms with E-state index in [1.54, 1.807) is 0 Å². The van der Waals surface area contributed by atoms with Gasteiger partial charge in [0, 0.05) is 16.7 Å². The first-order valence-corrected chi connectivity index (χ1v) is 5.69. The zero-order chi connectivity index (χ0) is 16.4. The molecular weight excluding hydrogens is 324 g/mol. The lowest BCUT2D eigenvalue weighted by molar-refractivity contribution is -0.0911. The molecule has 0 bridgehead atoms. The van der Waals surface area contributed by atoms with E-state index < -0.39 is 29.6 Å². The van der Waals surface area contributed by atoms with Crippen molar-refractivity contribution < 1.29 is 31.5 Å². The lowest BCUT2D eigenvalue weighted by Gasteiger charge is -2.17. The van der Waals surface area contributed by atoms with Gasteiger partial charge in [-0.25, -0.2) is 0 Å². The number of hydrogen-bond acceptors (Lipinski definition) is 2. The van der Waals surface area contributed by atoms with Gasteiger partial charge < -0.3 is 5.21 Å². The average Bonchev–Trinajstić information content (AvgIpc) is 2.32. The molecule has 0 aromatic heterocycles. The molecule has 9 heteroatoms. The summed E-state index contributed by atoms with van der Waals surface area (Å²) in [5, 5.41) is 11.2. The Bertz CT molecular complexity index is 588. The van der Waals surface area contributed by atoms with Gasteiger partial charge in [-0.1, -0.05) is 22.8 Å². The third kappa shape index (κ3) is 4.66. The zero-order valence-electron chi connectivity index (χ0n) is 10.3. The fourth-order valence-corrected chi connectivity index (χ4v) is 1.76. The predicted molar refractivity (Wildman–Crippen MR) is 65.5 cm³/mol. The number of hydrogen-bond donors (Lipinski definition) is 1. The van der Waals surface area contributed by atoms with Crippen molar-refractivity contribution in [2.75, 3.05) is 0 Å². The van der Waals surface area contributed by atoms with Crippen LogP contribution in [0.15, 0.2) is 29.4 Å². The van der Waals surface area contributed by atoms with Crippen molar-refractivity contribution in [1.82, 2.24) is 0 Å². The number of rotatable bonds is 2. The van der Waals surface area contributed by atoms with Gasteiger partial charge in [-0.15, -0.1) is 0 Å². The fourth-order valence-electron chi connectivity index (χ4n) is 1.58. The Labute approximate surface area is 120 Å². The molecule has 0 saturated heterocycles. The summed E-state index contributed by atoms with van der Waals surface area (Å²) in [6.45, 7) is 1.15. The van der Waals surface area contributed by atoms with E-state index in [9.17, 15) is 26.3 Å². The summed E-state index contributed by atoms with van der Waals surface area (Å²) in [6.07, 6.45) is -11.3. The van der Waals surface area contributed by atoms with E-state index in [0.29, 0.717) is 0 Å². The summed E-state index contributed by atoms with van der Waals surface area (Å²) in [5.41, 5.74) is -3.33. The van der Waals surface area contributed by atoms with E-state index in [4.69, 9.17) is 16.8 Å². The minimum absolute atomic E-state index is 0.184. The Morgan fingerprint density at radius 3 is 2.14 bits per heavy atom. The highest BCUT2D eigenvalue weighted by Crippen LogP contribution is 2.39. The quantitative estimate of drug-likeness (QED) is 0.350. The Balaban J connectivity index is 3.67. The highest BCUT2D eigenvalue weighted by molar-refractivity contribution is 6.31. The molecule has 1 N–H and O–H groups in total. The van der Waals surface area contributed by atoms with Crippen LogP contribution in [0.5, 0.6) is 0 Å². The zero-order valence-corrected chi connectivity index (χ0v) is 11.1. The Morgan fingerprint density at radius 1 is 1.14 bits per heavy atom. The second kappa shape index (κ2) is 5.97. The van der Waals surface area contributed by atoms with Crippen LogP contribution in [0.25, 0.3) is 5.57 Å². The summed E-state index contributed by atoms with van der Waals surface area (Å²) in [6, 6.07) is 2.95. The van der Waals surface area contributed by atoms with Gasteiger partial charge in [0.1, 0.15) is 0 Å². The summed E-state index contributed by atoms with van der Waals surface area (Å²) < 4.78 is 75.7. The van der Waals surface area contributed by atoms with Crippen LogP contribution in [0.1, 0.15) is 18.1 Å². The SMILES string of the molecule is CC(=NO)c1ccc(Cl)cc1C(=CC(F)(F)F)C(F)(F)F. The van der Waals surface area contributed by atoms with Crippen LogP contribution in [0.3, 0.4) is 0 Å². The molecule has 0 atom stereocenters. The normalized spacial score (nSPS) is 14.5. The summed E-state index contributed by atoms with van der Waals surface area (Å²) >= 11 is 5.55. The summed E-state index contributed by atoms with van der Waals surface area (Å²) in [5.74, 6) is 0. The second-order valence-electron chi connectivity index (χ2n) is 3.97. The monoisotopic (exact) mass is 331 g/mol. The van der Waals surface area contributed by atoms with Crippen LogP contribution in [0, 0.1) is 0 Å². The molecule has 1 aromatic rings. The number of alkyl halides is 6. The van der Waals surface area contributed by atoms with Gasteiger partial charge in [0.25, 0.3) is 0 Å². The van der Waals surface area contributed by atoms with Crippen molar-refractivity contribution in [3.8, 4) is 0 Å². The number of nitrogens with zero attached hydrogens (tertiary/aromatic N) is 1. The molecule has 116 valence electrons. The van der Waals surface area contributed by atoms with Crippen LogP contribution in [0.2, 0.25) is 5.02 Å². The van der Waals surface area contributed by atoms with Crippen molar-refractivity contribution in [2.24, 2.45) is 5.16 Å². The van der Waals surface area contributed by atoms with Gasteiger partial charge in [-0.3, -0.25) is 0 Å². The maximum Gasteiger partial charge on any atom is 0.417 e.